The van der Waals surface area contributed by atoms with Crippen LogP contribution >= 0.6 is 46.4 Å². The van der Waals surface area contributed by atoms with Crippen LogP contribution in [0.1, 0.15) is 22.3 Å². The van der Waals surface area contributed by atoms with Gasteiger partial charge in [0.05, 0.1) is 22.1 Å². The maximum atomic E-state index is 6.15. The van der Waals surface area contributed by atoms with Crippen molar-refractivity contribution in [2.75, 3.05) is 0 Å². The second-order valence-electron chi connectivity index (χ2n) is 8.33. The quantitative estimate of drug-likeness (QED) is 0.109. The van der Waals surface area contributed by atoms with E-state index < -0.39 is 3.79 Å². The number of benzene rings is 2. The Bertz CT molecular complexity index is 1690. The number of pyridine rings is 4. The van der Waals surface area contributed by atoms with Crippen molar-refractivity contribution in [3.63, 3.8) is 0 Å². The number of rotatable bonds is 1. The summed E-state index contributed by atoms with van der Waals surface area (Å²) in [5, 5.41) is 4.02. The van der Waals surface area contributed by atoms with Crippen molar-refractivity contribution >= 4 is 141 Å². The molecule has 2 aromatic carbocycles. The molecule has 4 aromatic heterocycles. The molecule has 6 aromatic rings. The maximum absolute atomic E-state index is 6.15. The van der Waals surface area contributed by atoms with E-state index in [0.29, 0.717) is 11.1 Å². The first-order valence-electron chi connectivity index (χ1n) is 11.2. The zero-order valence-electron chi connectivity index (χ0n) is 20.4. The molecule has 0 saturated carbocycles. The van der Waals surface area contributed by atoms with E-state index in [-0.39, 0.29) is 57.3 Å². The Morgan fingerprint density at radius 2 is 0.946 bits per heavy atom. The molecule has 0 spiro atoms. The van der Waals surface area contributed by atoms with E-state index >= 15 is 0 Å². The smallest absolute Gasteiger partial charge is 0.217 e. The number of halogens is 4. The molecule has 0 unspecified atom stereocenters. The Labute approximate surface area is 277 Å². The molecule has 181 valence electrons. The van der Waals surface area contributed by atoms with E-state index in [1.807, 2.05) is 42.7 Å². The topological polar surface area (TPSA) is 51.6 Å². The number of alkyl halides is 4. The molecule has 4 nitrogen and oxygen atoms in total. The Hall–Kier alpha value is -1.12. The van der Waals surface area contributed by atoms with Crippen molar-refractivity contribution < 1.29 is 0 Å². The van der Waals surface area contributed by atoms with E-state index in [9.17, 15) is 0 Å². The summed E-state index contributed by atoms with van der Waals surface area (Å²) in [4.78, 5) is 17.7. The average Bonchev–Trinajstić information content (AvgIpc) is 2.90. The molecule has 0 aliphatic carbocycles. The number of hydrogen-bond donors (Lipinski definition) is 0. The van der Waals surface area contributed by atoms with Gasteiger partial charge in [-0.25, -0.2) is 0 Å². The standard InChI is InChI=1S/C14H8Cl4N2.C14H12N2.K/c15-7-10-8-3-1-5-19-12(8)13-9(4-2-6-20-13)11(10)14(16,17)18;1-9-10(2)12-6-4-8-16-14(12)13-11(9)5-3-7-15-13;/h1-6H,7H2;3-8H,1-2H3;. The third kappa shape index (κ3) is 5.49. The summed E-state index contributed by atoms with van der Waals surface area (Å²) in [6.45, 7) is 4.29. The molecule has 0 saturated heterocycles. The van der Waals surface area contributed by atoms with Crippen LogP contribution in [0.3, 0.4) is 0 Å². The molecular formula is C28H20Cl4KN4. The zero-order chi connectivity index (χ0) is 25.4. The van der Waals surface area contributed by atoms with Crippen molar-refractivity contribution in [1.29, 1.82) is 0 Å². The average molecular weight is 593 g/mol. The molecule has 0 fully saturated rings. The van der Waals surface area contributed by atoms with Gasteiger partial charge in [0.1, 0.15) is 0 Å². The molecule has 0 aliphatic heterocycles. The van der Waals surface area contributed by atoms with Gasteiger partial charge in [-0.3, -0.25) is 19.9 Å². The van der Waals surface area contributed by atoms with Gasteiger partial charge < -0.3 is 0 Å². The monoisotopic (exact) mass is 591 g/mol. The van der Waals surface area contributed by atoms with E-state index in [1.165, 1.54) is 21.9 Å². The van der Waals surface area contributed by atoms with Gasteiger partial charge in [-0.1, -0.05) is 59.1 Å². The van der Waals surface area contributed by atoms with Crippen molar-refractivity contribution in [3.8, 4) is 0 Å². The van der Waals surface area contributed by atoms with E-state index in [1.54, 1.807) is 18.5 Å². The predicted molar refractivity (Wildman–Crippen MR) is 158 cm³/mol. The van der Waals surface area contributed by atoms with Gasteiger partial charge in [-0.05, 0) is 54.8 Å². The predicted octanol–water partition coefficient (Wildman–Crippen LogP) is 8.37. The summed E-state index contributed by atoms with van der Waals surface area (Å²) in [5.74, 6) is 0.232. The summed E-state index contributed by atoms with van der Waals surface area (Å²) >= 11 is 24.5. The van der Waals surface area contributed by atoms with Crippen LogP contribution in [0.5, 0.6) is 0 Å². The first-order chi connectivity index (χ1) is 17.3. The molecule has 0 amide bonds. The largest absolute Gasteiger partial charge is 0.254 e. The first-order valence-corrected chi connectivity index (χ1v) is 12.9. The van der Waals surface area contributed by atoms with Crippen molar-refractivity contribution in [2.45, 2.75) is 23.5 Å². The Kier molecular flexibility index (Phi) is 9.32. The van der Waals surface area contributed by atoms with Crippen LogP contribution in [0.25, 0.3) is 43.6 Å². The fourth-order valence-electron chi connectivity index (χ4n) is 4.59. The van der Waals surface area contributed by atoms with Gasteiger partial charge in [-0.15, -0.1) is 11.6 Å². The Morgan fingerprint density at radius 3 is 1.35 bits per heavy atom. The van der Waals surface area contributed by atoms with Crippen LogP contribution in [0.4, 0.5) is 0 Å². The van der Waals surface area contributed by atoms with Gasteiger partial charge in [0.2, 0.25) is 3.79 Å². The van der Waals surface area contributed by atoms with Crippen LogP contribution in [0.15, 0.2) is 73.3 Å². The molecule has 0 atom stereocenters. The number of aryl methyl sites for hydroxylation is 2. The molecule has 4 heterocycles. The van der Waals surface area contributed by atoms with E-state index in [2.05, 4.69) is 45.9 Å². The summed E-state index contributed by atoms with van der Waals surface area (Å²) < 4.78 is -1.57. The SMILES string of the molecule is Cc1c(C)c2cccnc2c2ncccc12.ClCc1c(C(Cl)(Cl)Cl)c2cccnc2c2ncccc12.[K]. The van der Waals surface area contributed by atoms with E-state index in [0.717, 1.165) is 32.9 Å². The normalized spacial score (nSPS) is 11.4. The molecule has 9 heteroatoms. The minimum atomic E-state index is -1.57. The molecule has 0 N–H and O–H groups in total. The summed E-state index contributed by atoms with van der Waals surface area (Å²) in [7, 11) is 0. The summed E-state index contributed by atoms with van der Waals surface area (Å²) in [5.41, 5.74) is 7.40. The van der Waals surface area contributed by atoms with Gasteiger partial charge in [0.25, 0.3) is 0 Å². The van der Waals surface area contributed by atoms with Crippen LogP contribution in [-0.4, -0.2) is 71.3 Å². The number of hydrogen-bond acceptors (Lipinski definition) is 4. The fourth-order valence-corrected chi connectivity index (χ4v) is 5.52. The summed E-state index contributed by atoms with van der Waals surface area (Å²) in [6, 6.07) is 15.6. The van der Waals surface area contributed by atoms with Crippen molar-refractivity contribution in [3.05, 3.63) is 95.6 Å². The zero-order valence-corrected chi connectivity index (χ0v) is 26.6. The van der Waals surface area contributed by atoms with Gasteiger partial charge in [-0.2, -0.15) is 0 Å². The molecule has 37 heavy (non-hydrogen) atoms. The second-order valence-corrected chi connectivity index (χ2v) is 10.9. The van der Waals surface area contributed by atoms with Crippen molar-refractivity contribution in [2.24, 2.45) is 0 Å². The molecular weight excluding hydrogens is 573 g/mol. The third-order valence-corrected chi connectivity index (χ3v) is 7.20. The molecule has 0 aliphatic rings. The van der Waals surface area contributed by atoms with Gasteiger partial charge in [0, 0.05) is 109 Å². The van der Waals surface area contributed by atoms with Gasteiger partial charge in [0.15, 0.2) is 0 Å². The number of aromatic nitrogens is 4. The Balaban J connectivity index is 0.000000172. The number of fused-ring (bicyclic) bond motifs is 6. The molecule has 1 radical (unpaired) electrons. The third-order valence-electron chi connectivity index (χ3n) is 6.36. The minimum absolute atomic E-state index is 0. The number of nitrogens with zero attached hydrogens (tertiary/aromatic N) is 4. The van der Waals surface area contributed by atoms with Gasteiger partial charge >= 0.3 is 0 Å². The van der Waals surface area contributed by atoms with Crippen LogP contribution in [0.2, 0.25) is 0 Å². The van der Waals surface area contributed by atoms with Crippen LogP contribution < -0.4 is 0 Å². The van der Waals surface area contributed by atoms with E-state index in [4.69, 9.17) is 46.4 Å². The molecule has 6 rings (SSSR count). The van der Waals surface area contributed by atoms with Crippen LogP contribution in [-0.2, 0) is 9.67 Å². The maximum Gasteiger partial charge on any atom is 0.217 e. The first kappa shape index (κ1) is 28.9. The second kappa shape index (κ2) is 11.9. The minimum Gasteiger partial charge on any atom is -0.254 e. The summed E-state index contributed by atoms with van der Waals surface area (Å²) in [6.07, 6.45) is 7.05. The molecule has 0 bridgehead atoms. The van der Waals surface area contributed by atoms with Crippen molar-refractivity contribution in [1.82, 2.24) is 19.9 Å². The Morgan fingerprint density at radius 1 is 0.595 bits per heavy atom. The fraction of sp³-hybridized carbons (Fsp3) is 0.143. The van der Waals surface area contributed by atoms with Crippen LogP contribution in [0, 0.1) is 13.8 Å².